The molecular weight excluding hydrogens is 351 g/mol. The van der Waals surface area contributed by atoms with Crippen molar-refractivity contribution in [2.45, 2.75) is 33.1 Å². The Labute approximate surface area is 149 Å². The van der Waals surface area contributed by atoms with Crippen molar-refractivity contribution >= 4 is 0 Å². The third-order valence-corrected chi connectivity index (χ3v) is 3.92. The van der Waals surface area contributed by atoms with Gasteiger partial charge >= 0.3 is 0 Å². The van der Waals surface area contributed by atoms with Crippen LogP contribution in [-0.2, 0) is 6.42 Å². The van der Waals surface area contributed by atoms with E-state index in [1.54, 1.807) is 13.8 Å². The first kappa shape index (κ1) is 19.9. The van der Waals surface area contributed by atoms with Crippen LogP contribution in [-0.4, -0.2) is 6.61 Å². The zero-order valence-electron chi connectivity index (χ0n) is 14.5. The molecule has 0 unspecified atom stereocenters. The normalized spacial score (nSPS) is 11.7. The lowest BCUT2D eigenvalue weighted by atomic mass is 9.99. The van der Waals surface area contributed by atoms with Crippen LogP contribution in [0.3, 0.4) is 0 Å². The van der Waals surface area contributed by atoms with Crippen LogP contribution >= 0.6 is 0 Å². The van der Waals surface area contributed by atoms with Gasteiger partial charge in [-0.05, 0) is 43.9 Å². The maximum atomic E-state index is 14.4. The molecule has 0 saturated carbocycles. The minimum Gasteiger partial charge on any atom is -0.491 e. The highest BCUT2D eigenvalue weighted by Gasteiger charge is 2.21. The lowest BCUT2D eigenvalue weighted by Gasteiger charge is -2.11. The number of benzene rings is 2. The smallest absolute Gasteiger partial charge is 0.201 e. The fraction of sp³-hybridized carbons (Fsp3) is 0.300. The minimum absolute atomic E-state index is 0.0400. The van der Waals surface area contributed by atoms with E-state index in [4.69, 9.17) is 4.74 Å². The van der Waals surface area contributed by atoms with E-state index in [0.29, 0.717) is 0 Å². The Morgan fingerprint density at radius 2 is 1.50 bits per heavy atom. The quantitative estimate of drug-likeness (QED) is 0.505. The van der Waals surface area contributed by atoms with Crippen LogP contribution < -0.4 is 4.74 Å². The van der Waals surface area contributed by atoms with Crippen LogP contribution in [0.1, 0.15) is 32.3 Å². The van der Waals surface area contributed by atoms with Crippen LogP contribution in [0.2, 0.25) is 0 Å². The van der Waals surface area contributed by atoms with Crippen molar-refractivity contribution in [2.75, 3.05) is 6.61 Å². The van der Waals surface area contributed by atoms with Gasteiger partial charge in [0.1, 0.15) is 0 Å². The van der Waals surface area contributed by atoms with Crippen molar-refractivity contribution in [1.82, 2.24) is 0 Å². The summed E-state index contributed by atoms with van der Waals surface area (Å²) in [6.07, 6.45) is 1.85. The van der Waals surface area contributed by atoms with E-state index in [-0.39, 0.29) is 48.6 Å². The molecule has 2 aromatic carbocycles. The van der Waals surface area contributed by atoms with Gasteiger partial charge in [-0.25, -0.2) is 17.6 Å². The van der Waals surface area contributed by atoms with Gasteiger partial charge in [-0.1, -0.05) is 25.1 Å². The highest BCUT2D eigenvalue weighted by atomic mass is 19.2. The summed E-state index contributed by atoms with van der Waals surface area (Å²) in [6, 6.07) is 4.78. The van der Waals surface area contributed by atoms with Gasteiger partial charge in [0.05, 0.1) is 12.4 Å². The molecule has 1 nitrogen and oxygen atoms in total. The number of rotatable bonds is 7. The highest BCUT2D eigenvalue weighted by Crippen LogP contribution is 2.33. The molecule has 0 heterocycles. The van der Waals surface area contributed by atoms with E-state index in [9.17, 15) is 22.0 Å². The standard InChI is InChI=1S/C20H19F5O/c1-3-13(21)7-5-6-12-8-9-14(18(23)17(12)22)15-10-11-16(26-4-2)20(25)19(15)24/h7-11H,3-6H2,1-2H3/b13-7+. The van der Waals surface area contributed by atoms with Gasteiger partial charge in [0, 0.05) is 11.1 Å². The molecular formula is C20H19F5O. The second-order valence-electron chi connectivity index (χ2n) is 5.62. The second kappa shape index (κ2) is 8.83. The lowest BCUT2D eigenvalue weighted by Crippen LogP contribution is -2.01. The Morgan fingerprint density at radius 3 is 2.12 bits per heavy atom. The van der Waals surface area contributed by atoms with Crippen LogP contribution in [0.15, 0.2) is 36.2 Å². The van der Waals surface area contributed by atoms with Gasteiger partial charge in [-0.2, -0.15) is 4.39 Å². The largest absolute Gasteiger partial charge is 0.491 e. The van der Waals surface area contributed by atoms with Crippen molar-refractivity contribution in [3.05, 3.63) is 65.0 Å². The summed E-state index contributed by atoms with van der Waals surface area (Å²) < 4.78 is 74.8. The molecule has 0 aromatic heterocycles. The summed E-state index contributed by atoms with van der Waals surface area (Å²) in [6.45, 7) is 3.40. The average molecular weight is 370 g/mol. The molecule has 0 atom stereocenters. The molecule has 0 radical (unpaired) electrons. The Morgan fingerprint density at radius 1 is 0.885 bits per heavy atom. The molecule has 0 saturated heterocycles. The molecule has 0 aliphatic rings. The fourth-order valence-electron chi connectivity index (χ4n) is 2.53. The molecule has 0 aliphatic heterocycles. The molecule has 0 fully saturated rings. The first-order valence-electron chi connectivity index (χ1n) is 8.33. The van der Waals surface area contributed by atoms with E-state index >= 15 is 0 Å². The number of aryl methyl sites for hydroxylation is 1. The maximum Gasteiger partial charge on any atom is 0.201 e. The molecule has 0 N–H and O–H groups in total. The number of hydrogen-bond acceptors (Lipinski definition) is 1. The first-order valence-corrected chi connectivity index (χ1v) is 8.33. The SMILES string of the molecule is CCOc1ccc(-c2ccc(CC/C=C(/F)CC)c(F)c2F)c(F)c1F. The van der Waals surface area contributed by atoms with Crippen molar-refractivity contribution in [3.8, 4) is 16.9 Å². The van der Waals surface area contributed by atoms with E-state index < -0.39 is 28.8 Å². The predicted octanol–water partition coefficient (Wildman–Crippen LogP) is 6.50. The van der Waals surface area contributed by atoms with Crippen LogP contribution in [0, 0.1) is 23.3 Å². The molecule has 0 spiro atoms. The zero-order valence-corrected chi connectivity index (χ0v) is 14.5. The van der Waals surface area contributed by atoms with E-state index in [1.165, 1.54) is 24.3 Å². The molecule has 140 valence electrons. The van der Waals surface area contributed by atoms with Gasteiger partial charge in [0.15, 0.2) is 23.2 Å². The van der Waals surface area contributed by atoms with E-state index in [1.807, 2.05) is 0 Å². The number of ether oxygens (including phenoxy) is 1. The topological polar surface area (TPSA) is 9.23 Å². The average Bonchev–Trinajstić information content (AvgIpc) is 2.63. The summed E-state index contributed by atoms with van der Waals surface area (Å²) in [5, 5.41) is 0. The Bertz CT molecular complexity index is 814. The molecule has 6 heteroatoms. The molecule has 0 amide bonds. The predicted molar refractivity (Wildman–Crippen MR) is 90.7 cm³/mol. The molecule has 26 heavy (non-hydrogen) atoms. The maximum absolute atomic E-state index is 14.4. The van der Waals surface area contributed by atoms with Crippen LogP contribution in [0.4, 0.5) is 22.0 Å². The monoisotopic (exact) mass is 370 g/mol. The minimum atomic E-state index is -1.31. The van der Waals surface area contributed by atoms with Gasteiger partial charge in [-0.15, -0.1) is 0 Å². The summed E-state index contributed by atoms with van der Waals surface area (Å²) >= 11 is 0. The Hall–Kier alpha value is -2.37. The van der Waals surface area contributed by atoms with E-state index in [2.05, 4.69) is 0 Å². The first-order chi connectivity index (χ1) is 12.4. The number of allylic oxidation sites excluding steroid dienone is 2. The number of hydrogen-bond donors (Lipinski definition) is 0. The van der Waals surface area contributed by atoms with Gasteiger partial charge in [0.2, 0.25) is 5.82 Å². The van der Waals surface area contributed by atoms with Crippen molar-refractivity contribution < 1.29 is 26.7 Å². The molecule has 2 rings (SSSR count). The Balaban J connectivity index is 2.35. The number of halogens is 5. The van der Waals surface area contributed by atoms with E-state index in [0.717, 1.165) is 6.07 Å². The van der Waals surface area contributed by atoms with Crippen molar-refractivity contribution in [1.29, 1.82) is 0 Å². The summed E-state index contributed by atoms with van der Waals surface area (Å²) in [7, 11) is 0. The summed E-state index contributed by atoms with van der Waals surface area (Å²) in [5.41, 5.74) is -0.745. The van der Waals surface area contributed by atoms with Gasteiger partial charge in [-0.3, -0.25) is 0 Å². The fourth-order valence-corrected chi connectivity index (χ4v) is 2.53. The molecule has 2 aromatic rings. The lowest BCUT2D eigenvalue weighted by molar-refractivity contribution is 0.314. The molecule has 0 aliphatic carbocycles. The summed E-state index contributed by atoms with van der Waals surface area (Å²) in [5.74, 6) is -5.61. The van der Waals surface area contributed by atoms with Gasteiger partial charge in [0.25, 0.3) is 0 Å². The molecule has 0 bridgehead atoms. The summed E-state index contributed by atoms with van der Waals surface area (Å²) in [4.78, 5) is 0. The second-order valence-corrected chi connectivity index (χ2v) is 5.62. The third-order valence-electron chi connectivity index (χ3n) is 3.92. The third kappa shape index (κ3) is 4.23. The van der Waals surface area contributed by atoms with Crippen molar-refractivity contribution in [3.63, 3.8) is 0 Å². The van der Waals surface area contributed by atoms with Crippen molar-refractivity contribution in [2.24, 2.45) is 0 Å². The van der Waals surface area contributed by atoms with Crippen LogP contribution in [0.25, 0.3) is 11.1 Å². The highest BCUT2D eigenvalue weighted by molar-refractivity contribution is 5.66. The Kier molecular flexibility index (Phi) is 6.77. The zero-order chi connectivity index (χ0) is 19.3. The van der Waals surface area contributed by atoms with Gasteiger partial charge < -0.3 is 4.74 Å². The van der Waals surface area contributed by atoms with Crippen LogP contribution in [0.5, 0.6) is 5.75 Å².